The summed E-state index contributed by atoms with van der Waals surface area (Å²) < 4.78 is 0. The van der Waals surface area contributed by atoms with Crippen molar-refractivity contribution >= 4 is 0 Å². The van der Waals surface area contributed by atoms with Gasteiger partial charge in [-0.15, -0.1) is 0 Å². The molecule has 1 aromatic heterocycles. The molecule has 1 aromatic rings. The molecule has 0 aliphatic carbocycles. The average Bonchev–Trinajstić information content (AvgIpc) is 2.42. The Hall–Kier alpha value is -0.930. The van der Waals surface area contributed by atoms with E-state index >= 15 is 0 Å². The van der Waals surface area contributed by atoms with Gasteiger partial charge in [-0.3, -0.25) is 9.88 Å². The van der Waals surface area contributed by atoms with Gasteiger partial charge < -0.3 is 5.32 Å². The molecule has 0 radical (unpaired) electrons. The van der Waals surface area contributed by atoms with Gasteiger partial charge in [-0.05, 0) is 25.0 Å². The highest BCUT2D eigenvalue weighted by atomic mass is 15.2. The van der Waals surface area contributed by atoms with E-state index in [4.69, 9.17) is 0 Å². The van der Waals surface area contributed by atoms with Gasteiger partial charge in [0, 0.05) is 32.4 Å². The lowest BCUT2D eigenvalue weighted by atomic mass is 10.0. The van der Waals surface area contributed by atoms with Gasteiger partial charge in [-0.1, -0.05) is 25.8 Å². The lowest BCUT2D eigenvalue weighted by Crippen LogP contribution is -2.45. The molecule has 0 amide bonds. The Bertz CT molecular complexity index is 341. The third-order valence-corrected chi connectivity index (χ3v) is 3.70. The Morgan fingerprint density at radius 1 is 1.33 bits per heavy atom. The number of rotatable bonds is 5. The highest BCUT2D eigenvalue weighted by molar-refractivity contribution is 5.15. The number of nitrogens with one attached hydrogen (secondary N) is 1. The van der Waals surface area contributed by atoms with E-state index in [1.165, 1.54) is 30.5 Å². The first kappa shape index (κ1) is 13.5. The molecule has 2 rings (SSSR count). The highest BCUT2D eigenvalue weighted by Crippen LogP contribution is 2.25. The minimum Gasteiger partial charge on any atom is -0.314 e. The van der Waals surface area contributed by atoms with Crippen molar-refractivity contribution in [1.29, 1.82) is 0 Å². The van der Waals surface area contributed by atoms with Gasteiger partial charge in [-0.2, -0.15) is 0 Å². The topological polar surface area (TPSA) is 28.2 Å². The number of unbranched alkanes of at least 4 members (excludes halogenated alkanes) is 1. The number of nitrogens with zero attached hydrogens (tertiary/aromatic N) is 2. The maximum atomic E-state index is 4.64. The van der Waals surface area contributed by atoms with Crippen molar-refractivity contribution < 1.29 is 0 Å². The van der Waals surface area contributed by atoms with E-state index in [0.717, 1.165) is 26.2 Å². The summed E-state index contributed by atoms with van der Waals surface area (Å²) in [6.07, 6.45) is 5.77. The molecule has 1 aliphatic heterocycles. The van der Waals surface area contributed by atoms with E-state index in [0.29, 0.717) is 6.04 Å². The number of aryl methyl sites for hydroxylation is 1. The zero-order valence-corrected chi connectivity index (χ0v) is 11.7. The number of hydrogen-bond acceptors (Lipinski definition) is 3. The molecule has 18 heavy (non-hydrogen) atoms. The molecule has 2 heterocycles. The van der Waals surface area contributed by atoms with E-state index in [9.17, 15) is 0 Å². The average molecular weight is 247 g/mol. The molecule has 0 saturated carbocycles. The summed E-state index contributed by atoms with van der Waals surface area (Å²) in [6, 6.07) is 4.90. The smallest absolute Gasteiger partial charge is 0.0575 e. The van der Waals surface area contributed by atoms with Gasteiger partial charge in [0.2, 0.25) is 0 Å². The Morgan fingerprint density at radius 2 is 2.11 bits per heavy atom. The van der Waals surface area contributed by atoms with E-state index in [2.05, 4.69) is 41.2 Å². The van der Waals surface area contributed by atoms with Crippen molar-refractivity contribution in [3.63, 3.8) is 0 Å². The minimum absolute atomic E-state index is 0.507. The molecule has 1 atom stereocenters. The second-order valence-corrected chi connectivity index (χ2v) is 5.20. The molecule has 0 aromatic carbocycles. The molecule has 1 unspecified atom stereocenters. The van der Waals surface area contributed by atoms with Crippen LogP contribution in [-0.4, -0.2) is 36.1 Å². The molecule has 1 saturated heterocycles. The zero-order valence-electron chi connectivity index (χ0n) is 11.7. The van der Waals surface area contributed by atoms with Crippen molar-refractivity contribution in [3.8, 4) is 0 Å². The van der Waals surface area contributed by atoms with Crippen LogP contribution >= 0.6 is 0 Å². The Morgan fingerprint density at radius 3 is 2.72 bits per heavy atom. The summed E-state index contributed by atoms with van der Waals surface area (Å²) in [7, 11) is 0. The molecule has 1 fully saturated rings. The first-order chi connectivity index (χ1) is 8.81. The van der Waals surface area contributed by atoms with E-state index in [1.54, 1.807) is 0 Å². The van der Waals surface area contributed by atoms with Gasteiger partial charge >= 0.3 is 0 Å². The Balaban J connectivity index is 2.10. The first-order valence-electron chi connectivity index (χ1n) is 7.18. The van der Waals surface area contributed by atoms with Crippen LogP contribution in [0, 0.1) is 6.92 Å². The lowest BCUT2D eigenvalue weighted by molar-refractivity contribution is 0.160. The van der Waals surface area contributed by atoms with Crippen LogP contribution in [0.2, 0.25) is 0 Å². The molecule has 0 spiro atoms. The summed E-state index contributed by atoms with van der Waals surface area (Å²) >= 11 is 0. The fourth-order valence-electron chi connectivity index (χ4n) is 2.59. The normalized spacial score (nSPS) is 18.8. The third kappa shape index (κ3) is 3.53. The van der Waals surface area contributed by atoms with Crippen LogP contribution in [0.5, 0.6) is 0 Å². The van der Waals surface area contributed by atoms with Crippen molar-refractivity contribution in [1.82, 2.24) is 15.2 Å². The number of aromatic nitrogens is 1. The van der Waals surface area contributed by atoms with Crippen molar-refractivity contribution in [2.75, 3.05) is 26.2 Å². The number of piperazine rings is 1. The summed E-state index contributed by atoms with van der Waals surface area (Å²) in [5.74, 6) is 0. The molecule has 1 N–H and O–H groups in total. The van der Waals surface area contributed by atoms with Crippen LogP contribution in [0.1, 0.15) is 43.5 Å². The fourth-order valence-corrected chi connectivity index (χ4v) is 2.59. The van der Waals surface area contributed by atoms with Crippen LogP contribution < -0.4 is 5.32 Å². The minimum atomic E-state index is 0.507. The second-order valence-electron chi connectivity index (χ2n) is 5.20. The molecule has 3 nitrogen and oxygen atoms in total. The van der Waals surface area contributed by atoms with Gasteiger partial charge in [0.1, 0.15) is 0 Å². The quantitative estimate of drug-likeness (QED) is 0.866. The fraction of sp³-hybridized carbons (Fsp3) is 0.667. The molecule has 0 bridgehead atoms. The SMILES string of the molecule is CCCCC(c1ccc(C)cn1)N1CCNCC1. The van der Waals surface area contributed by atoms with Gasteiger partial charge in [0.25, 0.3) is 0 Å². The molecular weight excluding hydrogens is 222 g/mol. The number of hydrogen-bond donors (Lipinski definition) is 1. The van der Waals surface area contributed by atoms with E-state index in [1.807, 2.05) is 6.20 Å². The van der Waals surface area contributed by atoms with Gasteiger partial charge in [0.15, 0.2) is 0 Å². The second kappa shape index (κ2) is 6.86. The summed E-state index contributed by atoms with van der Waals surface area (Å²) in [5, 5.41) is 3.42. The lowest BCUT2D eigenvalue weighted by Gasteiger charge is -2.34. The number of pyridine rings is 1. The third-order valence-electron chi connectivity index (χ3n) is 3.70. The summed E-state index contributed by atoms with van der Waals surface area (Å²) in [4.78, 5) is 7.23. The molecule has 3 heteroatoms. The van der Waals surface area contributed by atoms with Gasteiger partial charge in [-0.25, -0.2) is 0 Å². The monoisotopic (exact) mass is 247 g/mol. The largest absolute Gasteiger partial charge is 0.314 e. The Labute approximate surface area is 111 Å². The molecular formula is C15H25N3. The van der Waals surface area contributed by atoms with Crippen LogP contribution in [0.3, 0.4) is 0 Å². The van der Waals surface area contributed by atoms with Crippen LogP contribution in [0.15, 0.2) is 18.3 Å². The van der Waals surface area contributed by atoms with Crippen LogP contribution in [0.4, 0.5) is 0 Å². The predicted octanol–water partition coefficient (Wildman–Crippen LogP) is 2.53. The zero-order chi connectivity index (χ0) is 12.8. The highest BCUT2D eigenvalue weighted by Gasteiger charge is 2.22. The van der Waals surface area contributed by atoms with Crippen molar-refractivity contribution in [3.05, 3.63) is 29.6 Å². The van der Waals surface area contributed by atoms with Crippen molar-refractivity contribution in [2.24, 2.45) is 0 Å². The first-order valence-corrected chi connectivity index (χ1v) is 7.18. The molecule has 100 valence electrons. The van der Waals surface area contributed by atoms with Crippen LogP contribution in [-0.2, 0) is 0 Å². The Kier molecular flexibility index (Phi) is 5.14. The maximum absolute atomic E-state index is 4.64. The van der Waals surface area contributed by atoms with Crippen LogP contribution in [0.25, 0.3) is 0 Å². The maximum Gasteiger partial charge on any atom is 0.0575 e. The van der Waals surface area contributed by atoms with E-state index < -0.39 is 0 Å². The summed E-state index contributed by atoms with van der Waals surface area (Å²) in [6.45, 7) is 8.86. The van der Waals surface area contributed by atoms with Crippen molar-refractivity contribution in [2.45, 2.75) is 39.2 Å². The van der Waals surface area contributed by atoms with E-state index in [-0.39, 0.29) is 0 Å². The summed E-state index contributed by atoms with van der Waals surface area (Å²) in [5.41, 5.74) is 2.49. The standard InChI is InChI=1S/C15H25N3/c1-3-4-5-15(18-10-8-16-9-11-18)14-7-6-13(2)12-17-14/h6-7,12,15-16H,3-5,8-11H2,1-2H3. The molecule has 1 aliphatic rings. The predicted molar refractivity (Wildman–Crippen MR) is 75.7 cm³/mol. The van der Waals surface area contributed by atoms with Gasteiger partial charge in [0.05, 0.1) is 11.7 Å².